The Morgan fingerprint density at radius 1 is 1.12 bits per heavy atom. The summed E-state index contributed by atoms with van der Waals surface area (Å²) in [6.45, 7) is 4.99. The number of hydrogen-bond acceptors (Lipinski definition) is 3. The van der Waals surface area contributed by atoms with E-state index in [1.54, 1.807) is 0 Å². The van der Waals surface area contributed by atoms with Crippen LogP contribution in [0.2, 0.25) is 0 Å². The van der Waals surface area contributed by atoms with Gasteiger partial charge in [0.25, 0.3) is 5.91 Å². The first-order chi connectivity index (χ1) is 15.9. The number of aryl methyl sites for hydroxylation is 1. The molecule has 1 saturated heterocycles. The van der Waals surface area contributed by atoms with Crippen LogP contribution in [0.15, 0.2) is 51.8 Å². The van der Waals surface area contributed by atoms with Crippen LogP contribution in [0.4, 0.5) is 0 Å². The van der Waals surface area contributed by atoms with Gasteiger partial charge in [-0.25, -0.2) is 0 Å². The molecule has 2 fully saturated rings. The predicted molar refractivity (Wildman–Crippen MR) is 147 cm³/mol. The molecular formula is C27H27BrN2OS2. The fourth-order valence-corrected chi connectivity index (χ4v) is 6.97. The van der Waals surface area contributed by atoms with Crippen molar-refractivity contribution in [3.63, 3.8) is 0 Å². The van der Waals surface area contributed by atoms with E-state index >= 15 is 0 Å². The Kier molecular flexibility index (Phi) is 6.51. The van der Waals surface area contributed by atoms with E-state index < -0.39 is 0 Å². The molecule has 170 valence electrons. The highest BCUT2D eigenvalue weighted by Gasteiger charge is 2.32. The number of thioether (sulfide) groups is 1. The van der Waals surface area contributed by atoms with Gasteiger partial charge in [0, 0.05) is 27.8 Å². The highest BCUT2D eigenvalue weighted by Crippen LogP contribution is 2.37. The smallest absolute Gasteiger partial charge is 0.266 e. The third-order valence-corrected chi connectivity index (χ3v) is 9.02. The van der Waals surface area contributed by atoms with E-state index in [1.807, 2.05) is 11.0 Å². The molecule has 1 aliphatic carbocycles. The average Bonchev–Trinajstić information content (AvgIpc) is 3.48. The van der Waals surface area contributed by atoms with Gasteiger partial charge in [-0.05, 0) is 61.4 Å². The van der Waals surface area contributed by atoms with E-state index in [0.29, 0.717) is 4.32 Å². The Hall–Kier alpha value is -1.89. The molecule has 0 spiro atoms. The topological polar surface area (TPSA) is 25.2 Å². The molecule has 0 radical (unpaired) electrons. The van der Waals surface area contributed by atoms with Crippen molar-refractivity contribution in [2.45, 2.75) is 46.0 Å². The van der Waals surface area contributed by atoms with Crippen molar-refractivity contribution in [2.24, 2.45) is 5.92 Å². The summed E-state index contributed by atoms with van der Waals surface area (Å²) in [5, 5.41) is 2.38. The van der Waals surface area contributed by atoms with Gasteiger partial charge in [-0.1, -0.05) is 89.9 Å². The van der Waals surface area contributed by atoms with Crippen LogP contribution < -0.4 is 0 Å². The molecule has 0 bridgehead atoms. The normalized spacial score (nSPS) is 18.4. The molecule has 0 N–H and O–H groups in total. The Morgan fingerprint density at radius 2 is 1.85 bits per heavy atom. The Morgan fingerprint density at radius 3 is 2.61 bits per heavy atom. The van der Waals surface area contributed by atoms with Gasteiger partial charge in [-0.2, -0.15) is 0 Å². The van der Waals surface area contributed by atoms with Crippen LogP contribution in [-0.2, 0) is 4.79 Å². The van der Waals surface area contributed by atoms with Crippen molar-refractivity contribution in [2.75, 3.05) is 6.54 Å². The fourth-order valence-electron chi connectivity index (χ4n) is 5.19. The van der Waals surface area contributed by atoms with Crippen molar-refractivity contribution in [1.29, 1.82) is 0 Å². The van der Waals surface area contributed by atoms with Gasteiger partial charge in [0.1, 0.15) is 4.32 Å². The number of carbonyl (C=O) groups excluding carboxylic acids is 1. The summed E-state index contributed by atoms with van der Waals surface area (Å²) in [6.07, 6.45) is 8.32. The van der Waals surface area contributed by atoms with E-state index in [-0.39, 0.29) is 5.91 Å². The summed E-state index contributed by atoms with van der Waals surface area (Å²) in [4.78, 5) is 15.7. The van der Waals surface area contributed by atoms with Crippen molar-refractivity contribution >= 4 is 67.0 Å². The molecule has 0 atom stereocenters. The minimum Gasteiger partial charge on any atom is -0.317 e. The first kappa shape index (κ1) is 22.9. The second-order valence-corrected chi connectivity index (χ2v) is 11.6. The monoisotopic (exact) mass is 538 g/mol. The van der Waals surface area contributed by atoms with Crippen LogP contribution in [0.1, 0.15) is 49.1 Å². The molecule has 2 aliphatic rings. The van der Waals surface area contributed by atoms with Gasteiger partial charge in [0.15, 0.2) is 0 Å². The number of nitrogens with zero attached hydrogens (tertiary/aromatic N) is 2. The first-order valence-corrected chi connectivity index (χ1v) is 13.6. The molecule has 5 rings (SSSR count). The van der Waals surface area contributed by atoms with Crippen molar-refractivity contribution in [3.8, 4) is 5.69 Å². The van der Waals surface area contributed by atoms with Crippen LogP contribution in [0.25, 0.3) is 22.5 Å². The molecular weight excluding hydrogens is 512 g/mol. The maximum absolute atomic E-state index is 13.1. The van der Waals surface area contributed by atoms with Crippen LogP contribution in [0.3, 0.4) is 0 Å². The minimum atomic E-state index is 0.0573. The summed E-state index contributed by atoms with van der Waals surface area (Å²) in [5.74, 6) is 0.806. The minimum absolute atomic E-state index is 0.0573. The average molecular weight is 540 g/mol. The largest absolute Gasteiger partial charge is 0.317 e. The zero-order valence-electron chi connectivity index (χ0n) is 18.9. The molecule has 0 unspecified atom stereocenters. The predicted octanol–water partition coefficient (Wildman–Crippen LogP) is 7.79. The van der Waals surface area contributed by atoms with Crippen molar-refractivity contribution in [1.82, 2.24) is 9.47 Å². The quantitative estimate of drug-likeness (QED) is 0.244. The third kappa shape index (κ3) is 4.33. The number of fused-ring (bicyclic) bond motifs is 1. The summed E-state index contributed by atoms with van der Waals surface area (Å²) in [6, 6.07) is 14.8. The molecule has 3 aromatic rings. The van der Waals surface area contributed by atoms with Crippen LogP contribution in [0.5, 0.6) is 0 Å². The summed E-state index contributed by atoms with van der Waals surface area (Å²) < 4.78 is 4.06. The van der Waals surface area contributed by atoms with Crippen LogP contribution in [-0.4, -0.2) is 26.2 Å². The summed E-state index contributed by atoms with van der Waals surface area (Å²) >= 11 is 10.7. The summed E-state index contributed by atoms with van der Waals surface area (Å²) in [7, 11) is 0. The molecule has 6 heteroatoms. The van der Waals surface area contributed by atoms with Crippen LogP contribution in [0, 0.1) is 19.8 Å². The molecule has 2 heterocycles. The number of rotatable bonds is 5. The lowest BCUT2D eigenvalue weighted by Gasteiger charge is -2.17. The number of aromatic nitrogens is 1. The molecule has 1 aromatic heterocycles. The summed E-state index contributed by atoms with van der Waals surface area (Å²) in [5.41, 5.74) is 4.47. The lowest BCUT2D eigenvalue weighted by atomic mass is 10.0. The maximum Gasteiger partial charge on any atom is 0.266 e. The standard InChI is InChI=1S/C27H27BrN2OS2/c1-17-15-20(16-25-26(31)29(27(32)33-25)14-13-19-7-3-4-8-19)18(2)30(17)24-12-11-23(28)21-9-5-6-10-22(21)24/h5-6,9-12,15-16,19H,3-4,7-8,13-14H2,1-2H3/b25-16-. The van der Waals surface area contributed by atoms with Gasteiger partial charge in [0.05, 0.1) is 10.6 Å². The van der Waals surface area contributed by atoms with Crippen LogP contribution >= 0.6 is 39.9 Å². The molecule has 1 amide bonds. The van der Waals surface area contributed by atoms with E-state index in [1.165, 1.54) is 48.2 Å². The van der Waals surface area contributed by atoms with Gasteiger partial charge in [-0.15, -0.1) is 0 Å². The Balaban J connectivity index is 1.45. The lowest BCUT2D eigenvalue weighted by Crippen LogP contribution is -2.30. The number of thiocarbonyl (C=S) groups is 1. The third-order valence-electron chi connectivity index (χ3n) is 6.95. The van der Waals surface area contributed by atoms with E-state index in [0.717, 1.165) is 50.9 Å². The van der Waals surface area contributed by atoms with E-state index in [4.69, 9.17) is 12.2 Å². The van der Waals surface area contributed by atoms with Gasteiger partial charge >= 0.3 is 0 Å². The van der Waals surface area contributed by atoms with Crippen molar-refractivity contribution in [3.05, 3.63) is 68.8 Å². The first-order valence-electron chi connectivity index (χ1n) is 11.6. The van der Waals surface area contributed by atoms with E-state index in [2.05, 4.69) is 76.8 Å². The number of carbonyl (C=O) groups is 1. The molecule has 3 nitrogen and oxygen atoms in total. The number of benzene rings is 2. The number of amides is 1. The SMILES string of the molecule is Cc1cc(/C=C2\SC(=S)N(CCC3CCCC3)C2=O)c(C)n1-c1ccc(Br)c2ccccc12. The fraction of sp³-hybridized carbons (Fsp3) is 0.333. The molecule has 1 aliphatic heterocycles. The van der Waals surface area contributed by atoms with Crippen molar-refractivity contribution < 1.29 is 4.79 Å². The molecule has 1 saturated carbocycles. The Labute approximate surface area is 213 Å². The zero-order valence-corrected chi connectivity index (χ0v) is 22.2. The van der Waals surface area contributed by atoms with Gasteiger partial charge in [-0.3, -0.25) is 9.69 Å². The molecule has 2 aromatic carbocycles. The second kappa shape index (κ2) is 9.40. The van der Waals surface area contributed by atoms with E-state index in [9.17, 15) is 4.79 Å². The molecule has 33 heavy (non-hydrogen) atoms. The highest BCUT2D eigenvalue weighted by molar-refractivity contribution is 9.10. The highest BCUT2D eigenvalue weighted by atomic mass is 79.9. The van der Waals surface area contributed by atoms with Gasteiger partial charge in [0.2, 0.25) is 0 Å². The number of halogens is 1. The van der Waals surface area contributed by atoms with Gasteiger partial charge < -0.3 is 4.57 Å². The second-order valence-electron chi connectivity index (χ2n) is 9.05. The lowest BCUT2D eigenvalue weighted by molar-refractivity contribution is -0.122. The zero-order chi connectivity index (χ0) is 23.1. The number of hydrogen-bond donors (Lipinski definition) is 0. The maximum atomic E-state index is 13.1. The Bertz CT molecular complexity index is 1290.